The van der Waals surface area contributed by atoms with E-state index < -0.39 is 24.5 Å². The zero-order valence-corrected chi connectivity index (χ0v) is 12.5. The molecule has 2 aliphatic heterocycles. The van der Waals surface area contributed by atoms with Crippen molar-refractivity contribution in [3.63, 3.8) is 0 Å². The Morgan fingerprint density at radius 3 is 2.61 bits per heavy atom. The minimum atomic E-state index is -1.16. The molecule has 2 fully saturated rings. The van der Waals surface area contributed by atoms with Crippen LogP contribution in [0.25, 0.3) is 11.2 Å². The molecule has 3 N–H and O–H groups in total. The van der Waals surface area contributed by atoms with Crippen molar-refractivity contribution in [2.45, 2.75) is 37.4 Å². The second-order valence-corrected chi connectivity index (χ2v) is 5.94. The molecule has 2 saturated heterocycles. The van der Waals surface area contributed by atoms with Gasteiger partial charge in [0.15, 0.2) is 23.2 Å². The fourth-order valence-electron chi connectivity index (χ4n) is 3.30. The number of aliphatic hydroxyl groups excluding tert-OH is 3. The Balaban J connectivity index is 1.73. The van der Waals surface area contributed by atoms with Gasteiger partial charge in [0, 0.05) is 13.1 Å². The van der Waals surface area contributed by atoms with Crippen molar-refractivity contribution in [3.8, 4) is 0 Å². The van der Waals surface area contributed by atoms with Crippen LogP contribution in [0.3, 0.4) is 0 Å². The van der Waals surface area contributed by atoms with E-state index in [1.165, 1.54) is 12.7 Å². The van der Waals surface area contributed by atoms with E-state index in [1.807, 2.05) is 0 Å². The van der Waals surface area contributed by atoms with E-state index in [-0.39, 0.29) is 6.61 Å². The summed E-state index contributed by atoms with van der Waals surface area (Å²) in [6, 6.07) is 0. The lowest BCUT2D eigenvalue weighted by molar-refractivity contribution is -0.0511. The second-order valence-electron chi connectivity index (χ2n) is 5.94. The number of hydrogen-bond acceptors (Lipinski definition) is 8. The van der Waals surface area contributed by atoms with Crippen LogP contribution in [0.4, 0.5) is 5.82 Å². The Hall–Kier alpha value is -1.81. The normalized spacial score (nSPS) is 31.3. The third-order valence-corrected chi connectivity index (χ3v) is 4.54. The Morgan fingerprint density at radius 2 is 1.91 bits per heavy atom. The SMILES string of the molecule is OC[C@H]1O[C@@H](n2cnc3c(N4CCCC4)ncnc32)[C@H](O)[C@@H]1O. The predicted octanol–water partition coefficient (Wildman–Crippen LogP) is -0.962. The molecule has 2 aliphatic rings. The van der Waals surface area contributed by atoms with E-state index in [0.29, 0.717) is 11.2 Å². The van der Waals surface area contributed by atoms with Crippen LogP contribution in [0.15, 0.2) is 12.7 Å². The summed E-state index contributed by atoms with van der Waals surface area (Å²) in [6.07, 6.45) is 1.27. The minimum Gasteiger partial charge on any atom is -0.394 e. The first kappa shape index (κ1) is 14.8. The number of aliphatic hydroxyl groups is 3. The molecule has 0 aliphatic carbocycles. The quantitative estimate of drug-likeness (QED) is 0.662. The highest BCUT2D eigenvalue weighted by molar-refractivity contribution is 5.83. The maximum atomic E-state index is 10.2. The van der Waals surface area contributed by atoms with Crippen molar-refractivity contribution < 1.29 is 20.1 Å². The van der Waals surface area contributed by atoms with Gasteiger partial charge in [0.05, 0.1) is 12.9 Å². The number of ether oxygens (including phenoxy) is 1. The molecular weight excluding hydrogens is 302 g/mol. The lowest BCUT2D eigenvalue weighted by Crippen LogP contribution is -2.33. The smallest absolute Gasteiger partial charge is 0.167 e. The summed E-state index contributed by atoms with van der Waals surface area (Å²) < 4.78 is 7.14. The van der Waals surface area contributed by atoms with Crippen molar-refractivity contribution in [3.05, 3.63) is 12.7 Å². The van der Waals surface area contributed by atoms with Crippen LogP contribution in [0, 0.1) is 0 Å². The van der Waals surface area contributed by atoms with Gasteiger partial charge in [-0.3, -0.25) is 4.57 Å². The first-order valence-corrected chi connectivity index (χ1v) is 7.75. The Bertz CT molecular complexity index is 702. The standard InChI is InChI=1S/C14H19N5O4/c20-5-8-10(21)11(22)14(23-8)19-7-17-9-12(15-6-16-13(9)19)18-3-1-2-4-18/h6-8,10-11,14,20-22H,1-5H2/t8-,10-,11-,14-/m1/s1. The van der Waals surface area contributed by atoms with Gasteiger partial charge in [-0.15, -0.1) is 0 Å². The zero-order chi connectivity index (χ0) is 16.0. The lowest BCUT2D eigenvalue weighted by atomic mass is 10.1. The summed E-state index contributed by atoms with van der Waals surface area (Å²) in [6.45, 7) is 1.51. The van der Waals surface area contributed by atoms with Gasteiger partial charge in [0.25, 0.3) is 0 Å². The van der Waals surface area contributed by atoms with Crippen molar-refractivity contribution in [2.24, 2.45) is 0 Å². The van der Waals surface area contributed by atoms with E-state index in [0.717, 1.165) is 31.7 Å². The van der Waals surface area contributed by atoms with Crippen LogP contribution in [-0.4, -0.2) is 72.8 Å². The maximum absolute atomic E-state index is 10.2. The summed E-state index contributed by atoms with van der Waals surface area (Å²) >= 11 is 0. The molecule has 2 aromatic heterocycles. The first-order chi connectivity index (χ1) is 11.2. The Morgan fingerprint density at radius 1 is 1.13 bits per heavy atom. The monoisotopic (exact) mass is 321 g/mol. The van der Waals surface area contributed by atoms with Gasteiger partial charge in [0.1, 0.15) is 24.6 Å². The summed E-state index contributed by atoms with van der Waals surface area (Å²) in [5.74, 6) is 0.776. The van der Waals surface area contributed by atoms with E-state index in [2.05, 4.69) is 19.9 Å². The van der Waals surface area contributed by atoms with Crippen molar-refractivity contribution in [1.82, 2.24) is 19.5 Å². The molecule has 9 heteroatoms. The summed E-state index contributed by atoms with van der Waals surface area (Å²) in [5, 5.41) is 29.3. The Labute approximate surface area is 132 Å². The molecule has 0 spiro atoms. The number of rotatable bonds is 3. The first-order valence-electron chi connectivity index (χ1n) is 7.75. The lowest BCUT2D eigenvalue weighted by Gasteiger charge is -2.18. The van der Waals surface area contributed by atoms with Crippen LogP contribution in [0.5, 0.6) is 0 Å². The summed E-state index contributed by atoms with van der Waals surface area (Å²) in [4.78, 5) is 15.1. The fraction of sp³-hybridized carbons (Fsp3) is 0.643. The summed E-state index contributed by atoms with van der Waals surface area (Å²) in [7, 11) is 0. The molecule has 2 aromatic rings. The van der Waals surface area contributed by atoms with E-state index in [9.17, 15) is 15.3 Å². The van der Waals surface area contributed by atoms with Gasteiger partial charge in [-0.1, -0.05) is 0 Å². The highest BCUT2D eigenvalue weighted by Gasteiger charge is 2.44. The molecule has 124 valence electrons. The molecule has 9 nitrogen and oxygen atoms in total. The highest BCUT2D eigenvalue weighted by Crippen LogP contribution is 2.33. The molecule has 0 aromatic carbocycles. The average Bonchev–Trinajstić information content (AvgIpc) is 3.28. The fourth-order valence-corrected chi connectivity index (χ4v) is 3.30. The third kappa shape index (κ3) is 2.27. The molecule has 4 heterocycles. The predicted molar refractivity (Wildman–Crippen MR) is 79.8 cm³/mol. The van der Waals surface area contributed by atoms with Gasteiger partial charge >= 0.3 is 0 Å². The molecule has 4 atom stereocenters. The number of anilines is 1. The molecule has 23 heavy (non-hydrogen) atoms. The second kappa shape index (κ2) is 5.68. The third-order valence-electron chi connectivity index (χ3n) is 4.54. The molecule has 0 saturated carbocycles. The van der Waals surface area contributed by atoms with Crippen molar-refractivity contribution in [2.75, 3.05) is 24.6 Å². The van der Waals surface area contributed by atoms with Crippen molar-refractivity contribution >= 4 is 17.0 Å². The average molecular weight is 321 g/mol. The topological polar surface area (TPSA) is 117 Å². The number of fused-ring (bicyclic) bond motifs is 1. The largest absolute Gasteiger partial charge is 0.394 e. The number of imidazole rings is 1. The van der Waals surface area contributed by atoms with Crippen LogP contribution >= 0.6 is 0 Å². The van der Waals surface area contributed by atoms with Crippen molar-refractivity contribution in [1.29, 1.82) is 0 Å². The number of nitrogens with zero attached hydrogens (tertiary/aromatic N) is 5. The number of aromatic nitrogens is 4. The minimum absolute atomic E-state index is 0.366. The van der Waals surface area contributed by atoms with E-state index in [1.54, 1.807) is 4.57 Å². The summed E-state index contributed by atoms with van der Waals surface area (Å²) in [5.41, 5.74) is 1.18. The van der Waals surface area contributed by atoms with Crippen LogP contribution < -0.4 is 4.90 Å². The van der Waals surface area contributed by atoms with Crippen LogP contribution in [0.2, 0.25) is 0 Å². The molecule has 0 radical (unpaired) electrons. The van der Waals surface area contributed by atoms with Crippen LogP contribution in [-0.2, 0) is 4.74 Å². The highest BCUT2D eigenvalue weighted by atomic mass is 16.6. The van der Waals surface area contributed by atoms with Gasteiger partial charge in [0.2, 0.25) is 0 Å². The van der Waals surface area contributed by atoms with Gasteiger partial charge in [-0.25, -0.2) is 15.0 Å². The molecule has 0 amide bonds. The van der Waals surface area contributed by atoms with Gasteiger partial charge in [-0.05, 0) is 12.8 Å². The maximum Gasteiger partial charge on any atom is 0.167 e. The zero-order valence-electron chi connectivity index (χ0n) is 12.5. The van der Waals surface area contributed by atoms with Gasteiger partial charge in [-0.2, -0.15) is 0 Å². The van der Waals surface area contributed by atoms with E-state index >= 15 is 0 Å². The van der Waals surface area contributed by atoms with Crippen LogP contribution in [0.1, 0.15) is 19.1 Å². The van der Waals surface area contributed by atoms with E-state index in [4.69, 9.17) is 4.74 Å². The molecule has 0 bridgehead atoms. The molecular formula is C14H19N5O4. The Kier molecular flexibility index (Phi) is 3.64. The number of hydrogen-bond donors (Lipinski definition) is 3. The molecule has 4 rings (SSSR count). The molecule has 0 unspecified atom stereocenters. The van der Waals surface area contributed by atoms with Gasteiger partial charge < -0.3 is 25.0 Å².